The lowest BCUT2D eigenvalue weighted by Gasteiger charge is -2.27. The molecular formula is C14H17ClF3N3O2. The molecule has 0 atom stereocenters. The molecule has 3 heterocycles. The van der Waals surface area contributed by atoms with Gasteiger partial charge in [-0.15, -0.1) is 0 Å². The van der Waals surface area contributed by atoms with E-state index in [9.17, 15) is 13.2 Å². The Hall–Kier alpha value is -1.54. The summed E-state index contributed by atoms with van der Waals surface area (Å²) in [5, 5.41) is -0.240. The summed E-state index contributed by atoms with van der Waals surface area (Å²) in [6.07, 6.45) is -4.56. The van der Waals surface area contributed by atoms with E-state index in [0.29, 0.717) is 26.3 Å². The molecule has 128 valence electrons. The molecule has 3 rings (SSSR count). The minimum atomic E-state index is -4.56. The predicted octanol–water partition coefficient (Wildman–Crippen LogP) is 4.07. The van der Waals surface area contributed by atoms with Crippen LogP contribution in [0.1, 0.15) is 25.2 Å². The van der Waals surface area contributed by atoms with E-state index in [4.69, 9.17) is 20.8 Å². The molecule has 0 unspecified atom stereocenters. The maximum atomic E-state index is 13.1. The van der Waals surface area contributed by atoms with E-state index in [1.165, 1.54) is 6.92 Å². The highest BCUT2D eigenvalue weighted by Gasteiger charge is 2.39. The normalized spacial score (nSPS) is 15.5. The molecule has 1 aliphatic rings. The van der Waals surface area contributed by atoms with Gasteiger partial charge in [-0.05, 0) is 18.5 Å². The van der Waals surface area contributed by atoms with Crippen molar-refractivity contribution in [2.45, 2.75) is 26.9 Å². The molecule has 0 saturated carbocycles. The monoisotopic (exact) mass is 351 g/mol. The Kier molecular flexibility index (Phi) is 5.36. The molecule has 2 aromatic rings. The fourth-order valence-corrected chi connectivity index (χ4v) is 2.53. The summed E-state index contributed by atoms with van der Waals surface area (Å²) in [4.78, 5) is 9.51. The van der Waals surface area contributed by atoms with E-state index in [-0.39, 0.29) is 28.0 Å². The molecule has 23 heavy (non-hydrogen) atoms. The van der Waals surface area contributed by atoms with E-state index in [2.05, 4.69) is 9.97 Å². The molecule has 0 spiro atoms. The van der Waals surface area contributed by atoms with Gasteiger partial charge in [0.05, 0.1) is 13.2 Å². The number of anilines is 1. The summed E-state index contributed by atoms with van der Waals surface area (Å²) in [6.45, 7) is 7.19. The lowest BCUT2D eigenvalue weighted by atomic mass is 10.2. The second kappa shape index (κ2) is 6.92. The van der Waals surface area contributed by atoms with Crippen molar-refractivity contribution < 1.29 is 22.3 Å². The van der Waals surface area contributed by atoms with E-state index >= 15 is 0 Å². The molecule has 1 fully saturated rings. The summed E-state index contributed by atoms with van der Waals surface area (Å²) in [6, 6.07) is 0. The Morgan fingerprint density at radius 1 is 1.13 bits per heavy atom. The quantitative estimate of drug-likeness (QED) is 0.725. The van der Waals surface area contributed by atoms with Crippen LogP contribution in [0.3, 0.4) is 0 Å². The number of aryl methyl sites for hydroxylation is 1. The molecule has 0 amide bonds. The van der Waals surface area contributed by atoms with Gasteiger partial charge in [0.2, 0.25) is 5.28 Å². The number of rotatable bonds is 1. The number of nitrogens with zero attached hydrogens (tertiary/aromatic N) is 3. The number of hydrogen-bond acceptors (Lipinski definition) is 5. The van der Waals surface area contributed by atoms with Crippen molar-refractivity contribution in [2.75, 3.05) is 31.2 Å². The van der Waals surface area contributed by atoms with Crippen molar-refractivity contribution in [3.8, 4) is 0 Å². The van der Waals surface area contributed by atoms with Crippen LogP contribution in [-0.4, -0.2) is 36.3 Å². The highest BCUT2D eigenvalue weighted by molar-refractivity contribution is 6.28. The van der Waals surface area contributed by atoms with Crippen molar-refractivity contribution in [2.24, 2.45) is 0 Å². The molecule has 2 aromatic heterocycles. The van der Waals surface area contributed by atoms with Gasteiger partial charge in [-0.1, -0.05) is 13.8 Å². The predicted molar refractivity (Wildman–Crippen MR) is 80.9 cm³/mol. The van der Waals surface area contributed by atoms with E-state index < -0.39 is 11.7 Å². The van der Waals surface area contributed by atoms with Gasteiger partial charge in [0.25, 0.3) is 0 Å². The van der Waals surface area contributed by atoms with Crippen molar-refractivity contribution in [3.63, 3.8) is 0 Å². The van der Waals surface area contributed by atoms with Crippen molar-refractivity contribution in [1.29, 1.82) is 0 Å². The summed E-state index contributed by atoms with van der Waals surface area (Å²) in [5.74, 6) is 0.0236. The SMILES string of the molecule is CC.Cc1oc2c(N3CCOCC3)nc(Cl)nc2c1C(F)(F)F. The maximum absolute atomic E-state index is 13.1. The summed E-state index contributed by atoms with van der Waals surface area (Å²) >= 11 is 5.79. The highest BCUT2D eigenvalue weighted by atomic mass is 35.5. The van der Waals surface area contributed by atoms with Crippen LogP contribution in [0.2, 0.25) is 5.28 Å². The summed E-state index contributed by atoms with van der Waals surface area (Å²) in [7, 11) is 0. The molecule has 0 radical (unpaired) electrons. The molecule has 1 aliphatic heterocycles. The Bertz CT molecular complexity index is 682. The Labute approximate surface area is 136 Å². The standard InChI is InChI=1S/C12H11ClF3N3O2.C2H6/c1-6-7(12(14,15)16)8-9(21-6)10(18-11(13)17-8)19-2-4-20-5-3-19;1-2/h2-5H2,1H3;1-2H3. The smallest absolute Gasteiger partial charge is 0.421 e. The molecule has 9 heteroatoms. The average Bonchev–Trinajstić information content (AvgIpc) is 2.85. The number of alkyl halides is 3. The van der Waals surface area contributed by atoms with Crippen LogP contribution in [-0.2, 0) is 10.9 Å². The Morgan fingerprint density at radius 3 is 2.30 bits per heavy atom. The second-order valence-corrected chi connectivity index (χ2v) is 4.96. The summed E-state index contributed by atoms with van der Waals surface area (Å²) < 4.78 is 49.9. The molecule has 5 nitrogen and oxygen atoms in total. The molecular weight excluding hydrogens is 335 g/mol. The number of furan rings is 1. The van der Waals surface area contributed by atoms with E-state index in [0.717, 1.165) is 0 Å². The lowest BCUT2D eigenvalue weighted by molar-refractivity contribution is -0.137. The average molecular weight is 352 g/mol. The molecule has 0 bridgehead atoms. The number of aromatic nitrogens is 2. The third-order valence-electron chi connectivity index (χ3n) is 3.26. The van der Waals surface area contributed by atoms with Gasteiger partial charge in [0, 0.05) is 13.1 Å². The van der Waals surface area contributed by atoms with Crippen molar-refractivity contribution >= 4 is 28.5 Å². The Morgan fingerprint density at radius 2 is 1.74 bits per heavy atom. The fourth-order valence-electron chi connectivity index (χ4n) is 2.37. The van der Waals surface area contributed by atoms with Gasteiger partial charge >= 0.3 is 6.18 Å². The highest BCUT2D eigenvalue weighted by Crippen LogP contribution is 2.41. The number of halogens is 4. The zero-order chi connectivity index (χ0) is 17.2. The molecule has 0 N–H and O–H groups in total. The van der Waals surface area contributed by atoms with Crippen LogP contribution in [0.4, 0.5) is 19.0 Å². The van der Waals surface area contributed by atoms with Gasteiger partial charge < -0.3 is 14.1 Å². The largest absolute Gasteiger partial charge is 0.455 e. The number of fused-ring (bicyclic) bond motifs is 1. The first kappa shape index (κ1) is 17.8. The first-order valence-electron chi connectivity index (χ1n) is 7.24. The lowest BCUT2D eigenvalue weighted by Crippen LogP contribution is -2.36. The van der Waals surface area contributed by atoms with Crippen LogP contribution in [0, 0.1) is 6.92 Å². The molecule has 0 aliphatic carbocycles. The zero-order valence-electron chi connectivity index (χ0n) is 13.0. The van der Waals surface area contributed by atoms with Crippen LogP contribution in [0.15, 0.2) is 4.42 Å². The van der Waals surface area contributed by atoms with Crippen LogP contribution < -0.4 is 4.90 Å². The zero-order valence-corrected chi connectivity index (χ0v) is 13.8. The first-order valence-corrected chi connectivity index (χ1v) is 7.62. The number of morpholine rings is 1. The minimum absolute atomic E-state index is 0.00567. The topological polar surface area (TPSA) is 51.4 Å². The van der Waals surface area contributed by atoms with Crippen LogP contribution in [0.25, 0.3) is 11.1 Å². The third kappa shape index (κ3) is 3.53. The minimum Gasteiger partial charge on any atom is -0.455 e. The Balaban J connectivity index is 0.000000924. The van der Waals surface area contributed by atoms with Crippen LogP contribution >= 0.6 is 11.6 Å². The maximum Gasteiger partial charge on any atom is 0.421 e. The number of ether oxygens (including phenoxy) is 1. The molecule has 1 saturated heterocycles. The third-order valence-corrected chi connectivity index (χ3v) is 3.43. The van der Waals surface area contributed by atoms with E-state index in [1.54, 1.807) is 4.90 Å². The van der Waals surface area contributed by atoms with Gasteiger partial charge in [-0.2, -0.15) is 18.2 Å². The summed E-state index contributed by atoms with van der Waals surface area (Å²) in [5.41, 5.74) is -1.20. The van der Waals surface area contributed by atoms with Crippen LogP contribution in [0.5, 0.6) is 0 Å². The number of hydrogen-bond donors (Lipinski definition) is 0. The van der Waals surface area contributed by atoms with E-state index in [1.807, 2.05) is 13.8 Å². The first-order chi connectivity index (χ1) is 10.9. The fraction of sp³-hybridized carbons (Fsp3) is 0.571. The van der Waals surface area contributed by atoms with Crippen molar-refractivity contribution in [1.82, 2.24) is 9.97 Å². The second-order valence-electron chi connectivity index (χ2n) is 4.62. The van der Waals surface area contributed by atoms with Gasteiger partial charge in [-0.25, -0.2) is 4.98 Å². The molecule has 0 aromatic carbocycles. The van der Waals surface area contributed by atoms with Gasteiger partial charge in [0.1, 0.15) is 16.8 Å². The van der Waals surface area contributed by atoms with Gasteiger partial charge in [-0.3, -0.25) is 0 Å². The van der Waals surface area contributed by atoms with Gasteiger partial charge in [0.15, 0.2) is 11.4 Å². The van der Waals surface area contributed by atoms with Crippen molar-refractivity contribution in [3.05, 3.63) is 16.6 Å².